The molecule has 154 valence electrons. The Morgan fingerprint density at radius 2 is 1.59 bits per heavy atom. The summed E-state index contributed by atoms with van der Waals surface area (Å²) < 4.78 is 21.6. The summed E-state index contributed by atoms with van der Waals surface area (Å²) in [4.78, 5) is 6.65. The molecule has 0 amide bonds. The van der Waals surface area contributed by atoms with Crippen molar-refractivity contribution in [3.05, 3.63) is 36.4 Å². The predicted molar refractivity (Wildman–Crippen MR) is 112 cm³/mol. The van der Waals surface area contributed by atoms with Crippen LogP contribution in [0.5, 0.6) is 17.2 Å². The maximum Gasteiger partial charge on any atom is 0.258 e. The lowest BCUT2D eigenvalue weighted by atomic mass is 10.1. The Labute approximate surface area is 170 Å². The largest absolute Gasteiger partial charge is 0.493 e. The van der Waals surface area contributed by atoms with Crippen molar-refractivity contribution in [3.8, 4) is 40.1 Å². The van der Waals surface area contributed by atoms with Crippen LogP contribution in [0.3, 0.4) is 0 Å². The van der Waals surface area contributed by atoms with Crippen LogP contribution >= 0.6 is 0 Å². The number of nitrogens with one attached hydrogen (secondary N) is 1. The standard InChI is InChI=1S/C21H26N4O4/c1-25(2)11-10-22-16-8-6-14(7-9-16)20-23-21(29-24-20)15-12-17(26-3)19(28-5)18(13-15)27-4/h6-9,12-13,22H,10-11H2,1-5H3. The Morgan fingerprint density at radius 3 is 2.14 bits per heavy atom. The summed E-state index contributed by atoms with van der Waals surface area (Å²) in [5.41, 5.74) is 2.59. The van der Waals surface area contributed by atoms with Gasteiger partial charge in [0.2, 0.25) is 11.6 Å². The second-order valence-electron chi connectivity index (χ2n) is 6.64. The van der Waals surface area contributed by atoms with Gasteiger partial charge in [0.05, 0.1) is 21.3 Å². The normalized spacial score (nSPS) is 10.8. The van der Waals surface area contributed by atoms with Crippen molar-refractivity contribution in [1.82, 2.24) is 15.0 Å². The van der Waals surface area contributed by atoms with E-state index in [9.17, 15) is 0 Å². The van der Waals surface area contributed by atoms with Gasteiger partial charge in [0.1, 0.15) is 0 Å². The molecule has 8 heteroatoms. The minimum absolute atomic E-state index is 0.368. The number of benzene rings is 2. The van der Waals surface area contributed by atoms with Gasteiger partial charge in [-0.1, -0.05) is 5.16 Å². The first-order chi connectivity index (χ1) is 14.0. The number of hydrogen-bond acceptors (Lipinski definition) is 8. The van der Waals surface area contributed by atoms with E-state index in [2.05, 4.69) is 20.4 Å². The van der Waals surface area contributed by atoms with E-state index in [1.54, 1.807) is 33.5 Å². The van der Waals surface area contributed by atoms with Crippen molar-refractivity contribution in [2.75, 3.05) is 53.8 Å². The second kappa shape index (κ2) is 9.29. The smallest absolute Gasteiger partial charge is 0.258 e. The molecule has 0 fully saturated rings. The molecule has 0 aliphatic heterocycles. The second-order valence-corrected chi connectivity index (χ2v) is 6.64. The van der Waals surface area contributed by atoms with Crippen molar-refractivity contribution in [1.29, 1.82) is 0 Å². The van der Waals surface area contributed by atoms with E-state index in [4.69, 9.17) is 18.7 Å². The lowest BCUT2D eigenvalue weighted by molar-refractivity contribution is 0.324. The van der Waals surface area contributed by atoms with Crippen molar-refractivity contribution in [2.45, 2.75) is 0 Å². The van der Waals surface area contributed by atoms with Crippen molar-refractivity contribution >= 4 is 5.69 Å². The summed E-state index contributed by atoms with van der Waals surface area (Å²) >= 11 is 0. The van der Waals surface area contributed by atoms with E-state index in [-0.39, 0.29) is 0 Å². The fourth-order valence-corrected chi connectivity index (χ4v) is 2.82. The fraction of sp³-hybridized carbons (Fsp3) is 0.333. The van der Waals surface area contributed by atoms with E-state index in [1.165, 1.54) is 0 Å². The first-order valence-corrected chi connectivity index (χ1v) is 9.18. The van der Waals surface area contributed by atoms with Gasteiger partial charge in [0, 0.05) is 29.9 Å². The zero-order chi connectivity index (χ0) is 20.8. The summed E-state index contributed by atoms with van der Waals surface area (Å²) in [5, 5.41) is 7.48. The van der Waals surface area contributed by atoms with Gasteiger partial charge in [-0.2, -0.15) is 4.98 Å². The molecule has 0 aliphatic rings. The molecule has 1 aromatic heterocycles. The Kier molecular flexibility index (Phi) is 6.56. The third kappa shape index (κ3) is 4.78. The maximum atomic E-state index is 5.46. The molecule has 0 spiro atoms. The molecule has 29 heavy (non-hydrogen) atoms. The molecule has 0 radical (unpaired) electrons. The van der Waals surface area contributed by atoms with Crippen LogP contribution in [0.2, 0.25) is 0 Å². The summed E-state index contributed by atoms with van der Waals surface area (Å²) in [5.74, 6) is 2.43. The Morgan fingerprint density at radius 1 is 0.931 bits per heavy atom. The molecule has 0 unspecified atom stereocenters. The molecule has 0 saturated carbocycles. The Bertz CT molecular complexity index is 913. The van der Waals surface area contributed by atoms with Gasteiger partial charge in [0.25, 0.3) is 5.89 Å². The number of rotatable bonds is 9. The van der Waals surface area contributed by atoms with Gasteiger partial charge in [-0.25, -0.2) is 0 Å². The SMILES string of the molecule is COc1cc(-c2nc(-c3ccc(NCCN(C)C)cc3)no2)cc(OC)c1OC. The average molecular weight is 398 g/mol. The van der Waals surface area contributed by atoms with Gasteiger partial charge in [-0.05, 0) is 50.5 Å². The van der Waals surface area contributed by atoms with Crippen molar-refractivity contribution in [2.24, 2.45) is 0 Å². The number of ether oxygens (including phenoxy) is 3. The van der Waals surface area contributed by atoms with Gasteiger partial charge in [-0.3, -0.25) is 0 Å². The maximum absolute atomic E-state index is 5.46. The molecule has 1 N–H and O–H groups in total. The van der Waals surface area contributed by atoms with Gasteiger partial charge in [0.15, 0.2) is 11.5 Å². The van der Waals surface area contributed by atoms with Gasteiger partial charge < -0.3 is 29.0 Å². The molecule has 1 heterocycles. The molecule has 0 bridgehead atoms. The van der Waals surface area contributed by atoms with Crippen LogP contribution in [0.15, 0.2) is 40.9 Å². The number of nitrogens with zero attached hydrogens (tertiary/aromatic N) is 3. The first kappa shape index (κ1) is 20.5. The Balaban J connectivity index is 1.80. The van der Waals surface area contributed by atoms with E-state index in [0.717, 1.165) is 24.3 Å². The quantitative estimate of drug-likeness (QED) is 0.587. The van der Waals surface area contributed by atoms with Gasteiger partial charge >= 0.3 is 0 Å². The van der Waals surface area contributed by atoms with Crippen LogP contribution in [0.25, 0.3) is 22.8 Å². The summed E-state index contributed by atoms with van der Waals surface area (Å²) in [6, 6.07) is 11.5. The number of anilines is 1. The summed E-state index contributed by atoms with van der Waals surface area (Å²) in [7, 11) is 8.78. The number of aromatic nitrogens is 2. The predicted octanol–water partition coefficient (Wildman–Crippen LogP) is 3.40. The molecular weight excluding hydrogens is 372 g/mol. The highest BCUT2D eigenvalue weighted by atomic mass is 16.5. The molecule has 2 aromatic carbocycles. The minimum Gasteiger partial charge on any atom is -0.493 e. The third-order valence-corrected chi connectivity index (χ3v) is 4.37. The van der Waals surface area contributed by atoms with Crippen LogP contribution in [0.4, 0.5) is 5.69 Å². The molecule has 0 atom stereocenters. The van der Waals surface area contributed by atoms with E-state index in [1.807, 2.05) is 38.4 Å². The Hall–Kier alpha value is -3.26. The first-order valence-electron chi connectivity index (χ1n) is 9.18. The number of hydrogen-bond donors (Lipinski definition) is 1. The lowest BCUT2D eigenvalue weighted by Gasteiger charge is -2.12. The highest BCUT2D eigenvalue weighted by Crippen LogP contribution is 2.41. The van der Waals surface area contributed by atoms with Crippen LogP contribution < -0.4 is 19.5 Å². The zero-order valence-corrected chi connectivity index (χ0v) is 17.4. The molecule has 8 nitrogen and oxygen atoms in total. The molecular formula is C21H26N4O4. The van der Waals surface area contributed by atoms with Crippen LogP contribution in [0.1, 0.15) is 0 Å². The molecule has 3 aromatic rings. The monoisotopic (exact) mass is 398 g/mol. The van der Waals surface area contributed by atoms with Crippen molar-refractivity contribution < 1.29 is 18.7 Å². The molecule has 3 rings (SSSR count). The summed E-state index contributed by atoms with van der Waals surface area (Å²) in [6.07, 6.45) is 0. The molecule has 0 aliphatic carbocycles. The average Bonchev–Trinajstić information content (AvgIpc) is 3.23. The minimum atomic E-state index is 0.368. The number of methoxy groups -OCH3 is 3. The van der Waals surface area contributed by atoms with Crippen LogP contribution in [-0.4, -0.2) is 63.6 Å². The van der Waals surface area contributed by atoms with E-state index < -0.39 is 0 Å². The van der Waals surface area contributed by atoms with E-state index in [0.29, 0.717) is 34.5 Å². The highest BCUT2D eigenvalue weighted by Gasteiger charge is 2.18. The lowest BCUT2D eigenvalue weighted by Crippen LogP contribution is -2.20. The van der Waals surface area contributed by atoms with Crippen LogP contribution in [0, 0.1) is 0 Å². The number of likely N-dealkylation sites (N-methyl/N-ethyl adjacent to an activating group) is 1. The van der Waals surface area contributed by atoms with Gasteiger partial charge in [-0.15, -0.1) is 0 Å². The zero-order valence-electron chi connectivity index (χ0n) is 17.4. The fourth-order valence-electron chi connectivity index (χ4n) is 2.82. The van der Waals surface area contributed by atoms with Crippen LogP contribution in [-0.2, 0) is 0 Å². The molecule has 0 saturated heterocycles. The third-order valence-electron chi connectivity index (χ3n) is 4.37. The topological polar surface area (TPSA) is 81.9 Å². The van der Waals surface area contributed by atoms with Crippen molar-refractivity contribution in [3.63, 3.8) is 0 Å². The highest BCUT2D eigenvalue weighted by molar-refractivity contribution is 5.67. The summed E-state index contributed by atoms with van der Waals surface area (Å²) in [6.45, 7) is 1.84. The van der Waals surface area contributed by atoms with E-state index >= 15 is 0 Å².